The van der Waals surface area contributed by atoms with Crippen LogP contribution in [-0.2, 0) is 4.79 Å². The van der Waals surface area contributed by atoms with Gasteiger partial charge in [0.25, 0.3) is 0 Å². The third-order valence-electron chi connectivity index (χ3n) is 7.12. The highest BCUT2D eigenvalue weighted by Crippen LogP contribution is 2.60. The normalized spacial score (nSPS) is 30.6. The van der Waals surface area contributed by atoms with Gasteiger partial charge in [-0.3, -0.25) is 4.79 Å². The molecule has 6 heteroatoms. The molecule has 0 spiro atoms. The first-order valence-corrected chi connectivity index (χ1v) is 12.1. The first kappa shape index (κ1) is 18.6. The van der Waals surface area contributed by atoms with E-state index >= 15 is 0 Å². The zero-order valence-corrected chi connectivity index (χ0v) is 18.2. The summed E-state index contributed by atoms with van der Waals surface area (Å²) in [7, 11) is 0. The lowest BCUT2D eigenvalue weighted by molar-refractivity contribution is -0.141. The number of anilines is 2. The van der Waals surface area contributed by atoms with Crippen molar-refractivity contribution in [2.45, 2.75) is 56.7 Å². The van der Waals surface area contributed by atoms with E-state index in [1.54, 1.807) is 11.8 Å². The fourth-order valence-corrected chi connectivity index (χ4v) is 7.80. The predicted molar refractivity (Wildman–Crippen MR) is 115 cm³/mol. The lowest BCUT2D eigenvalue weighted by Crippen LogP contribution is -2.50. The standard InChI is InChI=1S/C22H27N3OS2/c1-13-3-4-18(5-14(13)2)23-20-24-25-21(28-20)27-12-19(26)22-9-15-6-16(10-22)8-17(7-15)11-22/h3-5,15-17H,6-12H2,1-2H3,(H,23,24). The van der Waals surface area contributed by atoms with Crippen molar-refractivity contribution < 1.29 is 4.79 Å². The van der Waals surface area contributed by atoms with Crippen molar-refractivity contribution in [2.24, 2.45) is 23.2 Å². The highest BCUT2D eigenvalue weighted by Gasteiger charge is 2.54. The summed E-state index contributed by atoms with van der Waals surface area (Å²) >= 11 is 3.10. The summed E-state index contributed by atoms with van der Waals surface area (Å²) in [4.78, 5) is 13.2. The first-order valence-electron chi connectivity index (χ1n) is 10.3. The van der Waals surface area contributed by atoms with Gasteiger partial charge in [0.1, 0.15) is 5.78 Å². The minimum atomic E-state index is -0.00700. The monoisotopic (exact) mass is 413 g/mol. The molecule has 1 N–H and O–H groups in total. The predicted octanol–water partition coefficient (Wildman–Crippen LogP) is 5.78. The summed E-state index contributed by atoms with van der Waals surface area (Å²) < 4.78 is 0.879. The van der Waals surface area contributed by atoms with Gasteiger partial charge in [0.15, 0.2) is 4.34 Å². The van der Waals surface area contributed by atoms with Crippen molar-refractivity contribution in [3.63, 3.8) is 0 Å². The molecule has 4 aliphatic rings. The maximum Gasteiger partial charge on any atom is 0.210 e. The van der Waals surface area contributed by atoms with Crippen LogP contribution in [0.15, 0.2) is 22.5 Å². The second kappa shape index (κ2) is 7.13. The van der Waals surface area contributed by atoms with Crippen molar-refractivity contribution in [1.82, 2.24) is 10.2 Å². The summed E-state index contributed by atoms with van der Waals surface area (Å²) in [5, 5.41) is 12.7. The van der Waals surface area contributed by atoms with Crippen LogP contribution < -0.4 is 5.32 Å². The van der Waals surface area contributed by atoms with E-state index in [4.69, 9.17) is 0 Å². The number of carbonyl (C=O) groups is 1. The molecule has 1 heterocycles. The molecule has 148 valence electrons. The lowest BCUT2D eigenvalue weighted by Gasteiger charge is -2.56. The fraction of sp³-hybridized carbons (Fsp3) is 0.591. The molecule has 0 radical (unpaired) electrons. The number of thioether (sulfide) groups is 1. The number of carbonyl (C=O) groups excluding carboxylic acids is 1. The molecule has 0 unspecified atom stereocenters. The average molecular weight is 414 g/mol. The number of aromatic nitrogens is 2. The van der Waals surface area contributed by atoms with Crippen molar-refractivity contribution in [1.29, 1.82) is 0 Å². The largest absolute Gasteiger partial charge is 0.330 e. The Kier molecular flexibility index (Phi) is 4.74. The molecular weight excluding hydrogens is 386 g/mol. The number of ketones is 1. The highest BCUT2D eigenvalue weighted by molar-refractivity contribution is 8.01. The maximum absolute atomic E-state index is 13.2. The Hall–Kier alpha value is -1.40. The van der Waals surface area contributed by atoms with Gasteiger partial charge in [-0.05, 0) is 93.4 Å². The van der Waals surface area contributed by atoms with E-state index in [1.807, 2.05) is 0 Å². The zero-order valence-electron chi connectivity index (χ0n) is 16.5. The molecule has 4 saturated carbocycles. The Balaban J connectivity index is 1.21. The van der Waals surface area contributed by atoms with Crippen molar-refractivity contribution in [3.05, 3.63) is 29.3 Å². The van der Waals surface area contributed by atoms with Gasteiger partial charge < -0.3 is 5.32 Å². The number of Topliss-reactive ketones (excluding diaryl/α,β-unsaturated/α-hetero) is 1. The quantitative estimate of drug-likeness (QED) is 0.609. The Bertz CT molecular complexity index is 872. The number of hydrogen-bond donors (Lipinski definition) is 1. The third-order valence-corrected chi connectivity index (χ3v) is 9.09. The van der Waals surface area contributed by atoms with Gasteiger partial charge in [-0.25, -0.2) is 0 Å². The summed E-state index contributed by atoms with van der Waals surface area (Å²) in [5.74, 6) is 3.46. The number of benzene rings is 1. The highest BCUT2D eigenvalue weighted by atomic mass is 32.2. The SMILES string of the molecule is Cc1ccc(Nc2nnc(SCC(=O)C34CC5CC(CC(C5)C3)C4)s2)cc1C. The minimum Gasteiger partial charge on any atom is -0.330 e. The molecule has 4 aliphatic carbocycles. The molecular formula is C22H27N3OS2. The Labute approximate surface area is 174 Å². The van der Waals surface area contributed by atoms with E-state index in [0.29, 0.717) is 11.5 Å². The van der Waals surface area contributed by atoms with Crippen LogP contribution in [0.2, 0.25) is 0 Å². The van der Waals surface area contributed by atoms with E-state index in [0.717, 1.165) is 52.2 Å². The van der Waals surface area contributed by atoms with Gasteiger partial charge in [-0.2, -0.15) is 0 Å². The number of nitrogens with zero attached hydrogens (tertiary/aromatic N) is 2. The number of nitrogens with one attached hydrogen (secondary N) is 1. The second-order valence-electron chi connectivity index (χ2n) is 9.21. The summed E-state index contributed by atoms with van der Waals surface area (Å²) in [5.41, 5.74) is 3.56. The summed E-state index contributed by atoms with van der Waals surface area (Å²) in [6, 6.07) is 6.30. The molecule has 28 heavy (non-hydrogen) atoms. The summed E-state index contributed by atoms with van der Waals surface area (Å²) in [6.07, 6.45) is 7.58. The molecule has 4 bridgehead atoms. The van der Waals surface area contributed by atoms with Gasteiger partial charge >= 0.3 is 0 Å². The zero-order chi connectivity index (χ0) is 19.3. The Morgan fingerprint density at radius 2 is 1.79 bits per heavy atom. The number of aryl methyl sites for hydroxylation is 2. The van der Waals surface area contributed by atoms with Gasteiger partial charge in [0, 0.05) is 11.1 Å². The molecule has 1 aromatic heterocycles. The van der Waals surface area contributed by atoms with Gasteiger partial charge in [0.2, 0.25) is 5.13 Å². The van der Waals surface area contributed by atoms with E-state index < -0.39 is 0 Å². The molecule has 2 aromatic rings. The molecule has 4 fully saturated rings. The number of rotatable bonds is 6. The van der Waals surface area contributed by atoms with Crippen molar-refractivity contribution in [3.8, 4) is 0 Å². The third kappa shape index (κ3) is 3.50. The number of hydrogen-bond acceptors (Lipinski definition) is 6. The first-order chi connectivity index (χ1) is 13.5. The van der Waals surface area contributed by atoms with Crippen LogP contribution in [0.25, 0.3) is 0 Å². The van der Waals surface area contributed by atoms with Crippen LogP contribution in [0, 0.1) is 37.0 Å². The molecule has 0 amide bonds. The van der Waals surface area contributed by atoms with Gasteiger partial charge in [-0.15, -0.1) is 10.2 Å². The molecule has 1 aromatic carbocycles. The van der Waals surface area contributed by atoms with E-state index in [9.17, 15) is 4.79 Å². The smallest absolute Gasteiger partial charge is 0.210 e. The Morgan fingerprint density at radius 3 is 2.43 bits per heavy atom. The van der Waals surface area contributed by atoms with Crippen LogP contribution in [0.3, 0.4) is 0 Å². The minimum absolute atomic E-state index is 0.00700. The molecule has 0 aliphatic heterocycles. The van der Waals surface area contributed by atoms with Crippen molar-refractivity contribution >= 4 is 39.7 Å². The summed E-state index contributed by atoms with van der Waals surface area (Å²) in [6.45, 7) is 4.22. The lowest BCUT2D eigenvalue weighted by atomic mass is 9.48. The average Bonchev–Trinajstić information content (AvgIpc) is 3.09. The fourth-order valence-electron chi connectivity index (χ4n) is 5.99. The molecule has 6 rings (SSSR count). The van der Waals surface area contributed by atoms with Crippen LogP contribution in [-0.4, -0.2) is 21.7 Å². The van der Waals surface area contributed by atoms with E-state index in [1.165, 1.54) is 41.7 Å². The molecule has 0 saturated heterocycles. The van der Waals surface area contributed by atoms with E-state index in [-0.39, 0.29) is 5.41 Å². The van der Waals surface area contributed by atoms with Crippen LogP contribution >= 0.6 is 23.1 Å². The second-order valence-corrected chi connectivity index (χ2v) is 11.4. The molecule has 4 nitrogen and oxygen atoms in total. The van der Waals surface area contributed by atoms with Crippen LogP contribution in [0.4, 0.5) is 10.8 Å². The Morgan fingerprint density at radius 1 is 1.11 bits per heavy atom. The molecule has 0 atom stereocenters. The van der Waals surface area contributed by atoms with Gasteiger partial charge in [-0.1, -0.05) is 29.2 Å². The topological polar surface area (TPSA) is 54.9 Å². The van der Waals surface area contributed by atoms with Crippen molar-refractivity contribution in [2.75, 3.05) is 11.1 Å². The van der Waals surface area contributed by atoms with E-state index in [2.05, 4.69) is 47.6 Å². The van der Waals surface area contributed by atoms with Crippen LogP contribution in [0.1, 0.15) is 49.7 Å². The maximum atomic E-state index is 13.2. The van der Waals surface area contributed by atoms with Gasteiger partial charge in [0.05, 0.1) is 5.75 Å². The van der Waals surface area contributed by atoms with Crippen LogP contribution in [0.5, 0.6) is 0 Å².